The number of anilines is 2. The van der Waals surface area contributed by atoms with Crippen molar-refractivity contribution in [1.29, 1.82) is 0 Å². The van der Waals surface area contributed by atoms with Crippen LogP contribution in [0.3, 0.4) is 0 Å². The van der Waals surface area contributed by atoms with Gasteiger partial charge in [0.25, 0.3) is 0 Å². The predicted molar refractivity (Wildman–Crippen MR) is 42.2 cm³/mol. The summed E-state index contributed by atoms with van der Waals surface area (Å²) >= 11 is 0. The third kappa shape index (κ3) is 4.18. The van der Waals surface area contributed by atoms with Crippen molar-refractivity contribution in [2.45, 2.75) is 0 Å². The van der Waals surface area contributed by atoms with E-state index in [1.54, 1.807) is 12.1 Å². The molecule has 0 fully saturated rings. The van der Waals surface area contributed by atoms with Crippen LogP contribution in [0.5, 0.6) is 0 Å². The average molecular weight is 418 g/mol. The molecule has 14 heavy (non-hydrogen) atoms. The number of para-hydroxylation sites is 1. The minimum Gasteiger partial charge on any atom is -1.00 e. The summed E-state index contributed by atoms with van der Waals surface area (Å²) in [6, 6.07) is 4.52. The van der Waals surface area contributed by atoms with E-state index in [0.29, 0.717) is 5.69 Å². The Morgan fingerprint density at radius 2 is 1.71 bits per heavy atom. The molecular weight excluding hydrogens is 410 g/mol. The van der Waals surface area contributed by atoms with Gasteiger partial charge in [0.15, 0.2) is 0 Å². The summed E-state index contributed by atoms with van der Waals surface area (Å²) in [5, 5.41) is 8.55. The Morgan fingerprint density at radius 1 is 1.21 bits per heavy atom. The Labute approximate surface area is 108 Å². The minimum atomic E-state index is -1.06. The second-order valence-corrected chi connectivity index (χ2v) is 2.11. The van der Waals surface area contributed by atoms with Crippen LogP contribution >= 0.6 is 0 Å². The van der Waals surface area contributed by atoms with Gasteiger partial charge in [0.05, 0.1) is 16.9 Å². The Bertz CT molecular complexity index is 310. The van der Waals surface area contributed by atoms with Gasteiger partial charge in [-0.05, 0) is 12.1 Å². The van der Waals surface area contributed by atoms with Crippen LogP contribution in [0.1, 0.15) is 10.4 Å². The summed E-state index contributed by atoms with van der Waals surface area (Å²) < 4.78 is 0. The molecule has 0 saturated carbocycles. The smallest absolute Gasteiger partial charge is 1.00 e. The topological polar surface area (TPSA) is 89.3 Å². The van der Waals surface area contributed by atoms with Crippen LogP contribution in [0.4, 0.5) is 11.4 Å². The molecule has 0 atom stereocenters. The average Bonchev–Trinajstić information content (AvgIpc) is 1.94. The molecule has 1 rings (SSSR count). The normalized spacial score (nSPS) is 7.43. The molecule has 0 aliphatic carbocycles. The molecule has 1 aromatic carbocycles. The maximum absolute atomic E-state index is 10.4. The molecule has 82 valence electrons. The van der Waals surface area contributed by atoms with Crippen LogP contribution in [0.25, 0.3) is 0 Å². The first kappa shape index (κ1) is 19.2. The number of carboxylic acid groups (broad SMARTS) is 1. The molecule has 0 radical (unpaired) electrons. The molecule has 0 unspecified atom stereocenters. The number of nitrogens with two attached hydrogens (primary N) is 2. The van der Waals surface area contributed by atoms with Crippen LogP contribution in [0.15, 0.2) is 18.2 Å². The van der Waals surface area contributed by atoms with E-state index in [1.807, 2.05) is 0 Å². The summed E-state index contributed by atoms with van der Waals surface area (Å²) in [6.07, 6.45) is 0. The van der Waals surface area contributed by atoms with Crippen LogP contribution in [0.2, 0.25) is 0 Å². The van der Waals surface area contributed by atoms with E-state index in [9.17, 15) is 4.79 Å². The number of carbonyl (C=O) groups is 1. The molecule has 0 aliphatic rings. The monoisotopic (exact) mass is 417 g/mol. The summed E-state index contributed by atoms with van der Waals surface area (Å²) in [5.74, 6) is -1.06. The number of nitrogen functional groups attached to an aromatic ring is 2. The van der Waals surface area contributed by atoms with Crippen molar-refractivity contribution in [3.8, 4) is 0 Å². The molecule has 0 bridgehead atoms. The van der Waals surface area contributed by atoms with Gasteiger partial charge >= 0.3 is 27.0 Å². The fourth-order valence-corrected chi connectivity index (χ4v) is 0.770. The molecule has 1 aromatic rings. The standard InChI is InChI=1S/C7H8N2O2.2ClH.Pt/c8-5-3-1-2-4(6(5)9)7(10)11;;;/h1-3H,8-9H2,(H,10,11);2*1H;/q;;;+2/p-2. The van der Waals surface area contributed by atoms with E-state index in [0.717, 1.165) is 0 Å². The Hall–Kier alpha value is -0.442. The molecule has 5 N–H and O–H groups in total. The third-order valence-electron chi connectivity index (χ3n) is 1.37. The van der Waals surface area contributed by atoms with Crippen molar-refractivity contribution in [3.05, 3.63) is 23.8 Å². The van der Waals surface area contributed by atoms with Gasteiger partial charge in [0.1, 0.15) is 0 Å². The molecular formula is C7H8Cl2N2O2Pt. The molecule has 0 aliphatic heterocycles. The summed E-state index contributed by atoms with van der Waals surface area (Å²) in [4.78, 5) is 10.4. The SMILES string of the molecule is Nc1cccc(C(=O)O)c1N.[Cl-].[Cl-].[Pt+2]. The zero-order valence-corrected chi connectivity index (χ0v) is 10.6. The molecule has 0 heterocycles. The van der Waals surface area contributed by atoms with E-state index in [2.05, 4.69) is 0 Å². The number of carboxylic acids is 1. The number of hydrogen-bond acceptors (Lipinski definition) is 3. The molecule has 0 spiro atoms. The van der Waals surface area contributed by atoms with Gasteiger partial charge < -0.3 is 41.4 Å². The molecule has 7 heteroatoms. The first-order chi connectivity index (χ1) is 5.13. The molecule has 0 saturated heterocycles. The minimum absolute atomic E-state index is 0. The van der Waals surface area contributed by atoms with Crippen molar-refractivity contribution in [2.24, 2.45) is 0 Å². The molecule has 0 aromatic heterocycles. The second kappa shape index (κ2) is 7.92. The van der Waals surface area contributed by atoms with Gasteiger partial charge in [-0.1, -0.05) is 6.07 Å². The summed E-state index contributed by atoms with van der Waals surface area (Å²) in [6.45, 7) is 0. The van der Waals surface area contributed by atoms with E-state index < -0.39 is 5.97 Å². The van der Waals surface area contributed by atoms with Gasteiger partial charge in [0.2, 0.25) is 0 Å². The van der Waals surface area contributed by atoms with Crippen LogP contribution in [-0.2, 0) is 21.1 Å². The molecule has 0 amide bonds. The van der Waals surface area contributed by atoms with Gasteiger partial charge in [-0.15, -0.1) is 0 Å². The van der Waals surface area contributed by atoms with Gasteiger partial charge in [0, 0.05) is 0 Å². The van der Waals surface area contributed by atoms with Gasteiger partial charge in [-0.3, -0.25) is 0 Å². The van der Waals surface area contributed by atoms with Crippen molar-refractivity contribution >= 4 is 17.3 Å². The first-order valence-corrected chi connectivity index (χ1v) is 3.00. The van der Waals surface area contributed by atoms with Crippen molar-refractivity contribution < 1.29 is 55.8 Å². The zero-order valence-electron chi connectivity index (χ0n) is 6.81. The van der Waals surface area contributed by atoms with Crippen molar-refractivity contribution in [1.82, 2.24) is 0 Å². The Kier molecular flexibility index (Phi) is 10.8. The first-order valence-electron chi connectivity index (χ1n) is 3.00. The number of hydrogen-bond donors (Lipinski definition) is 3. The van der Waals surface area contributed by atoms with Crippen LogP contribution in [0, 0.1) is 0 Å². The van der Waals surface area contributed by atoms with Crippen LogP contribution in [-0.4, -0.2) is 11.1 Å². The zero-order chi connectivity index (χ0) is 8.43. The largest absolute Gasteiger partial charge is 2.00 e. The summed E-state index contributed by atoms with van der Waals surface area (Å²) in [5.41, 5.74) is 11.2. The van der Waals surface area contributed by atoms with Gasteiger partial charge in [-0.25, -0.2) is 4.79 Å². The maximum Gasteiger partial charge on any atom is 2.00 e. The van der Waals surface area contributed by atoms with Gasteiger partial charge in [-0.2, -0.15) is 0 Å². The maximum atomic E-state index is 10.4. The number of benzene rings is 1. The number of rotatable bonds is 1. The fourth-order valence-electron chi connectivity index (χ4n) is 0.770. The number of halogens is 2. The second-order valence-electron chi connectivity index (χ2n) is 2.11. The quantitative estimate of drug-likeness (QED) is 0.398. The van der Waals surface area contributed by atoms with Crippen molar-refractivity contribution in [3.63, 3.8) is 0 Å². The summed E-state index contributed by atoms with van der Waals surface area (Å²) in [7, 11) is 0. The van der Waals surface area contributed by atoms with E-state index in [1.165, 1.54) is 6.07 Å². The Morgan fingerprint density at radius 3 is 2.07 bits per heavy atom. The van der Waals surface area contributed by atoms with E-state index >= 15 is 0 Å². The van der Waals surface area contributed by atoms with Crippen molar-refractivity contribution in [2.75, 3.05) is 11.5 Å². The molecule has 4 nitrogen and oxygen atoms in total. The van der Waals surface area contributed by atoms with E-state index in [4.69, 9.17) is 16.6 Å². The third-order valence-corrected chi connectivity index (χ3v) is 1.37. The predicted octanol–water partition coefficient (Wildman–Crippen LogP) is -5.45. The fraction of sp³-hybridized carbons (Fsp3) is 0. The number of aromatic carboxylic acids is 1. The Balaban J connectivity index is -0.000000403. The van der Waals surface area contributed by atoms with Crippen LogP contribution < -0.4 is 36.3 Å². The van der Waals surface area contributed by atoms with E-state index in [-0.39, 0.29) is 57.1 Å².